The molecule has 0 saturated carbocycles. The first-order valence-corrected chi connectivity index (χ1v) is 17.2. The Morgan fingerprint density at radius 2 is 0.833 bits per heavy atom. The van der Waals surface area contributed by atoms with Crippen LogP contribution in [0.15, 0.2) is 188 Å². The lowest BCUT2D eigenvalue weighted by Gasteiger charge is -2.25. The Morgan fingerprint density at radius 3 is 1.62 bits per heavy atom. The zero-order valence-electron chi connectivity index (χ0n) is 26.3. The zero-order valence-corrected chi connectivity index (χ0v) is 27.1. The van der Waals surface area contributed by atoms with Crippen LogP contribution in [-0.2, 0) is 0 Å². The van der Waals surface area contributed by atoms with Gasteiger partial charge in [0.05, 0.1) is 0 Å². The fourth-order valence-electron chi connectivity index (χ4n) is 6.78. The number of hydrogen-bond donors (Lipinski definition) is 0. The standard InChI is InChI=1S/C46H31NS/c1-2-13-40(14-3-1)47(42-27-28-44-43-15-6-7-16-45(43)48-46(44)31-42)41-25-23-34(24-26-41)33-17-19-35(20-18-33)37-11-8-12-38(29-37)39-22-21-32-9-4-5-10-36(32)30-39/h1-31H. The van der Waals surface area contributed by atoms with Crippen LogP contribution in [0.5, 0.6) is 0 Å². The molecule has 2 heteroatoms. The van der Waals surface area contributed by atoms with Crippen LogP contribution >= 0.6 is 11.3 Å². The summed E-state index contributed by atoms with van der Waals surface area (Å²) in [7, 11) is 0. The van der Waals surface area contributed by atoms with E-state index in [-0.39, 0.29) is 0 Å². The average Bonchev–Trinajstić information content (AvgIpc) is 3.54. The number of rotatable bonds is 6. The molecule has 0 radical (unpaired) electrons. The molecule has 48 heavy (non-hydrogen) atoms. The smallest absolute Gasteiger partial charge is 0.0476 e. The van der Waals surface area contributed by atoms with Crippen LogP contribution in [0, 0.1) is 0 Å². The second kappa shape index (κ2) is 12.0. The van der Waals surface area contributed by atoms with Gasteiger partial charge in [-0.3, -0.25) is 0 Å². The quantitative estimate of drug-likeness (QED) is 0.177. The Morgan fingerprint density at radius 1 is 0.292 bits per heavy atom. The summed E-state index contributed by atoms with van der Waals surface area (Å²) in [5.74, 6) is 0. The molecule has 1 aromatic heterocycles. The van der Waals surface area contributed by atoms with E-state index in [1.807, 2.05) is 11.3 Å². The van der Waals surface area contributed by atoms with Crippen LogP contribution in [0.4, 0.5) is 17.1 Å². The van der Waals surface area contributed by atoms with Crippen molar-refractivity contribution in [2.45, 2.75) is 0 Å². The normalized spacial score (nSPS) is 11.3. The van der Waals surface area contributed by atoms with E-state index in [0.717, 1.165) is 17.1 Å². The second-order valence-corrected chi connectivity index (χ2v) is 13.3. The lowest BCUT2D eigenvalue weighted by atomic mass is 9.96. The SMILES string of the molecule is c1ccc(N(c2ccc(-c3ccc(-c4cccc(-c5ccc6ccccc6c5)c4)cc3)cc2)c2ccc3c(c2)sc2ccccc23)cc1. The largest absolute Gasteiger partial charge is 0.310 e. The van der Waals surface area contributed by atoms with Gasteiger partial charge in [-0.2, -0.15) is 0 Å². The molecule has 8 aromatic carbocycles. The summed E-state index contributed by atoms with van der Waals surface area (Å²) >= 11 is 1.86. The third kappa shape index (κ3) is 5.23. The lowest BCUT2D eigenvalue weighted by molar-refractivity contribution is 1.29. The summed E-state index contributed by atoms with van der Waals surface area (Å²) in [6, 6.07) is 68.1. The van der Waals surface area contributed by atoms with E-state index in [2.05, 4.69) is 193 Å². The van der Waals surface area contributed by atoms with Crippen molar-refractivity contribution in [1.29, 1.82) is 0 Å². The molecule has 0 bridgehead atoms. The number of para-hydroxylation sites is 1. The number of benzene rings is 8. The Kier molecular flexibility index (Phi) is 7.07. The van der Waals surface area contributed by atoms with E-state index < -0.39 is 0 Å². The molecule has 0 unspecified atom stereocenters. The van der Waals surface area contributed by atoms with Crippen molar-refractivity contribution in [2.24, 2.45) is 0 Å². The number of nitrogens with zero attached hydrogens (tertiary/aromatic N) is 1. The summed E-state index contributed by atoms with van der Waals surface area (Å²) in [6.45, 7) is 0. The molecule has 0 spiro atoms. The van der Waals surface area contributed by atoms with Crippen molar-refractivity contribution in [3.63, 3.8) is 0 Å². The molecule has 0 aliphatic heterocycles. The maximum absolute atomic E-state index is 2.35. The minimum atomic E-state index is 1.13. The minimum Gasteiger partial charge on any atom is -0.310 e. The Balaban J connectivity index is 1.01. The third-order valence-electron chi connectivity index (χ3n) is 9.26. The topological polar surface area (TPSA) is 3.24 Å². The van der Waals surface area contributed by atoms with Gasteiger partial charge in [0.25, 0.3) is 0 Å². The number of hydrogen-bond acceptors (Lipinski definition) is 2. The Bertz CT molecular complexity index is 2540. The van der Waals surface area contributed by atoms with Gasteiger partial charge < -0.3 is 4.90 Å². The van der Waals surface area contributed by atoms with Gasteiger partial charge in [-0.05, 0) is 98.8 Å². The summed E-state index contributed by atoms with van der Waals surface area (Å²) in [6.07, 6.45) is 0. The molecule has 226 valence electrons. The first-order chi connectivity index (χ1) is 23.8. The molecule has 9 rings (SSSR count). The van der Waals surface area contributed by atoms with Crippen molar-refractivity contribution < 1.29 is 0 Å². The highest BCUT2D eigenvalue weighted by Crippen LogP contribution is 2.41. The van der Waals surface area contributed by atoms with Crippen LogP contribution in [0.1, 0.15) is 0 Å². The Labute approximate surface area is 284 Å². The first kappa shape index (κ1) is 28.3. The van der Waals surface area contributed by atoms with Crippen LogP contribution < -0.4 is 4.90 Å². The van der Waals surface area contributed by atoms with Crippen molar-refractivity contribution in [1.82, 2.24) is 0 Å². The van der Waals surface area contributed by atoms with Gasteiger partial charge in [0.1, 0.15) is 0 Å². The van der Waals surface area contributed by atoms with Gasteiger partial charge >= 0.3 is 0 Å². The fraction of sp³-hybridized carbons (Fsp3) is 0. The highest BCUT2D eigenvalue weighted by Gasteiger charge is 2.15. The third-order valence-corrected chi connectivity index (χ3v) is 10.4. The summed E-state index contributed by atoms with van der Waals surface area (Å²) in [5, 5.41) is 5.16. The van der Waals surface area contributed by atoms with Crippen molar-refractivity contribution >= 4 is 59.3 Å². The van der Waals surface area contributed by atoms with Crippen LogP contribution in [0.2, 0.25) is 0 Å². The van der Waals surface area contributed by atoms with E-state index in [9.17, 15) is 0 Å². The van der Waals surface area contributed by atoms with Gasteiger partial charge in [0.15, 0.2) is 0 Å². The van der Waals surface area contributed by atoms with Crippen molar-refractivity contribution in [2.75, 3.05) is 4.90 Å². The minimum absolute atomic E-state index is 1.13. The van der Waals surface area contributed by atoms with Gasteiger partial charge in [0, 0.05) is 37.2 Å². The molecule has 9 aromatic rings. The number of anilines is 3. The second-order valence-electron chi connectivity index (χ2n) is 12.2. The first-order valence-electron chi connectivity index (χ1n) is 16.3. The van der Waals surface area contributed by atoms with Crippen LogP contribution in [-0.4, -0.2) is 0 Å². The van der Waals surface area contributed by atoms with Gasteiger partial charge in [-0.25, -0.2) is 0 Å². The molecule has 1 nitrogen and oxygen atoms in total. The molecule has 0 aliphatic carbocycles. The predicted molar refractivity (Wildman–Crippen MR) is 208 cm³/mol. The highest BCUT2D eigenvalue weighted by atomic mass is 32.1. The molecule has 0 aliphatic rings. The summed E-state index contributed by atoms with van der Waals surface area (Å²) in [5.41, 5.74) is 10.7. The van der Waals surface area contributed by atoms with E-state index in [1.165, 1.54) is 64.3 Å². The van der Waals surface area contributed by atoms with Gasteiger partial charge in [0.2, 0.25) is 0 Å². The molecule has 0 N–H and O–H groups in total. The lowest BCUT2D eigenvalue weighted by Crippen LogP contribution is -2.09. The van der Waals surface area contributed by atoms with E-state index in [1.54, 1.807) is 0 Å². The predicted octanol–water partition coefficient (Wildman–Crippen LogP) is 13.7. The molecule has 0 atom stereocenters. The number of thiophene rings is 1. The Hall–Kier alpha value is -5.96. The molecule has 1 heterocycles. The van der Waals surface area contributed by atoms with Gasteiger partial charge in [-0.15, -0.1) is 11.3 Å². The van der Waals surface area contributed by atoms with E-state index in [0.29, 0.717) is 0 Å². The summed E-state index contributed by atoms with van der Waals surface area (Å²) in [4.78, 5) is 2.35. The molecule has 0 fully saturated rings. The molecular weight excluding hydrogens is 599 g/mol. The van der Waals surface area contributed by atoms with Crippen molar-refractivity contribution in [3.05, 3.63) is 188 Å². The van der Waals surface area contributed by atoms with Gasteiger partial charge in [-0.1, -0.05) is 133 Å². The van der Waals surface area contributed by atoms with E-state index >= 15 is 0 Å². The molecule has 0 amide bonds. The van der Waals surface area contributed by atoms with Crippen LogP contribution in [0.3, 0.4) is 0 Å². The van der Waals surface area contributed by atoms with Crippen molar-refractivity contribution in [3.8, 4) is 33.4 Å². The monoisotopic (exact) mass is 629 g/mol. The molecule has 0 saturated heterocycles. The maximum atomic E-state index is 2.35. The maximum Gasteiger partial charge on any atom is 0.0476 e. The number of fused-ring (bicyclic) bond motifs is 4. The fourth-order valence-corrected chi connectivity index (χ4v) is 7.92. The van der Waals surface area contributed by atoms with Crippen LogP contribution in [0.25, 0.3) is 64.3 Å². The summed E-state index contributed by atoms with van der Waals surface area (Å²) < 4.78 is 2.62. The highest BCUT2D eigenvalue weighted by molar-refractivity contribution is 7.25. The average molecular weight is 630 g/mol. The molecular formula is C46H31NS. The zero-order chi connectivity index (χ0) is 31.9. The van der Waals surface area contributed by atoms with E-state index in [4.69, 9.17) is 0 Å².